The molecule has 4 rings (SSSR count). The average Bonchev–Trinajstić information content (AvgIpc) is 3.32. The van der Waals surface area contributed by atoms with Crippen molar-refractivity contribution in [2.75, 3.05) is 0 Å². The van der Waals surface area contributed by atoms with Crippen LogP contribution in [0.25, 0.3) is 6.08 Å². The van der Waals surface area contributed by atoms with Gasteiger partial charge in [-0.05, 0) is 34.2 Å². The summed E-state index contributed by atoms with van der Waals surface area (Å²) >= 11 is 3.23. The summed E-state index contributed by atoms with van der Waals surface area (Å²) in [5.74, 6) is -0.436. The first-order valence-corrected chi connectivity index (χ1v) is 11.2. The molecule has 4 aromatic rings. The SMILES string of the molecule is NC(=O)c1ccccc1C(S/C=C\c1cncs1)(c1ccccc1)c1ccccc1. The van der Waals surface area contributed by atoms with Crippen molar-refractivity contribution in [3.63, 3.8) is 0 Å². The van der Waals surface area contributed by atoms with E-state index >= 15 is 0 Å². The number of aromatic nitrogens is 1. The number of carbonyl (C=O) groups excluding carboxylic acids is 1. The zero-order valence-electron chi connectivity index (χ0n) is 16.1. The van der Waals surface area contributed by atoms with Crippen LogP contribution in [0.3, 0.4) is 0 Å². The third-order valence-electron chi connectivity index (χ3n) is 4.86. The predicted molar refractivity (Wildman–Crippen MR) is 126 cm³/mol. The Labute approximate surface area is 184 Å². The van der Waals surface area contributed by atoms with Crippen LogP contribution in [0.4, 0.5) is 0 Å². The highest BCUT2D eigenvalue weighted by molar-refractivity contribution is 8.03. The highest BCUT2D eigenvalue weighted by Crippen LogP contribution is 2.50. The molecular weight excluding hydrogens is 408 g/mol. The lowest BCUT2D eigenvalue weighted by atomic mass is 9.81. The van der Waals surface area contributed by atoms with Crippen LogP contribution >= 0.6 is 23.1 Å². The quantitative estimate of drug-likeness (QED) is 0.371. The van der Waals surface area contributed by atoms with Gasteiger partial charge in [-0.1, -0.05) is 78.9 Å². The molecule has 0 saturated heterocycles. The third-order valence-corrected chi connectivity index (χ3v) is 6.92. The fourth-order valence-electron chi connectivity index (χ4n) is 3.54. The highest BCUT2D eigenvalue weighted by atomic mass is 32.2. The van der Waals surface area contributed by atoms with Gasteiger partial charge < -0.3 is 5.73 Å². The number of hydrogen-bond acceptors (Lipinski definition) is 4. The molecule has 2 N–H and O–H groups in total. The normalized spacial score (nSPS) is 11.6. The summed E-state index contributed by atoms with van der Waals surface area (Å²) in [6.45, 7) is 0. The molecule has 0 unspecified atom stereocenters. The minimum atomic E-state index is -0.644. The van der Waals surface area contributed by atoms with Gasteiger partial charge >= 0.3 is 0 Å². The van der Waals surface area contributed by atoms with Gasteiger partial charge in [-0.25, -0.2) is 0 Å². The number of rotatable bonds is 7. The Morgan fingerprint density at radius 2 is 1.50 bits per heavy atom. The Bertz CT molecular complexity index is 1100. The van der Waals surface area contributed by atoms with Gasteiger partial charge in [-0.3, -0.25) is 9.78 Å². The minimum Gasteiger partial charge on any atom is -0.366 e. The van der Waals surface area contributed by atoms with E-state index in [0.717, 1.165) is 21.6 Å². The number of thiazole rings is 1. The van der Waals surface area contributed by atoms with Crippen LogP contribution in [0.5, 0.6) is 0 Å². The largest absolute Gasteiger partial charge is 0.366 e. The van der Waals surface area contributed by atoms with Crippen molar-refractivity contribution in [2.24, 2.45) is 5.73 Å². The van der Waals surface area contributed by atoms with E-state index in [1.54, 1.807) is 29.2 Å². The van der Waals surface area contributed by atoms with E-state index in [4.69, 9.17) is 5.73 Å². The molecule has 148 valence electrons. The van der Waals surface area contributed by atoms with E-state index in [-0.39, 0.29) is 0 Å². The van der Waals surface area contributed by atoms with Crippen LogP contribution < -0.4 is 5.73 Å². The molecule has 5 heteroatoms. The molecule has 3 nitrogen and oxygen atoms in total. The molecule has 0 aliphatic carbocycles. The molecule has 0 fully saturated rings. The Hall–Kier alpha value is -3.15. The predicted octanol–water partition coefficient (Wildman–Crippen LogP) is 5.94. The number of amides is 1. The lowest BCUT2D eigenvalue weighted by Crippen LogP contribution is -2.29. The van der Waals surface area contributed by atoms with Gasteiger partial charge in [0.2, 0.25) is 5.91 Å². The van der Waals surface area contributed by atoms with Gasteiger partial charge in [0.15, 0.2) is 0 Å². The van der Waals surface area contributed by atoms with E-state index in [1.807, 2.05) is 66.3 Å². The summed E-state index contributed by atoms with van der Waals surface area (Å²) in [7, 11) is 0. The molecule has 1 aromatic heterocycles. The molecule has 0 aliphatic rings. The Morgan fingerprint density at radius 3 is 2.07 bits per heavy atom. The fraction of sp³-hybridized carbons (Fsp3) is 0.0400. The van der Waals surface area contributed by atoms with Gasteiger partial charge in [0.1, 0.15) is 0 Å². The van der Waals surface area contributed by atoms with Crippen molar-refractivity contribution in [1.82, 2.24) is 4.98 Å². The number of primary amides is 1. The molecule has 0 aliphatic heterocycles. The van der Waals surface area contributed by atoms with Crippen LogP contribution in [0, 0.1) is 0 Å². The molecule has 0 bridgehead atoms. The summed E-state index contributed by atoms with van der Waals surface area (Å²) in [4.78, 5) is 17.6. The van der Waals surface area contributed by atoms with Gasteiger partial charge in [-0.2, -0.15) is 0 Å². The average molecular weight is 429 g/mol. The smallest absolute Gasteiger partial charge is 0.249 e. The highest BCUT2D eigenvalue weighted by Gasteiger charge is 2.38. The zero-order chi connectivity index (χ0) is 20.8. The number of carbonyl (C=O) groups is 1. The second kappa shape index (κ2) is 9.11. The van der Waals surface area contributed by atoms with Gasteiger partial charge in [0.25, 0.3) is 0 Å². The van der Waals surface area contributed by atoms with Crippen LogP contribution in [0.15, 0.2) is 102 Å². The lowest BCUT2D eigenvalue weighted by molar-refractivity contribution is 0.0999. The van der Waals surface area contributed by atoms with Gasteiger partial charge in [0.05, 0.1) is 10.3 Å². The summed E-state index contributed by atoms with van der Waals surface area (Å²) in [5.41, 5.74) is 11.1. The van der Waals surface area contributed by atoms with E-state index < -0.39 is 10.7 Å². The maximum absolute atomic E-state index is 12.4. The number of thioether (sulfide) groups is 1. The summed E-state index contributed by atoms with van der Waals surface area (Å²) in [6.07, 6.45) is 3.89. The number of benzene rings is 3. The molecule has 0 saturated carbocycles. The third kappa shape index (κ3) is 3.95. The topological polar surface area (TPSA) is 56.0 Å². The van der Waals surface area contributed by atoms with Crippen LogP contribution in [-0.2, 0) is 4.75 Å². The van der Waals surface area contributed by atoms with Crippen molar-refractivity contribution in [3.8, 4) is 0 Å². The first-order chi connectivity index (χ1) is 14.7. The van der Waals surface area contributed by atoms with Crippen LogP contribution in [0.2, 0.25) is 0 Å². The van der Waals surface area contributed by atoms with E-state index in [1.165, 1.54) is 0 Å². The van der Waals surface area contributed by atoms with Gasteiger partial charge in [0, 0.05) is 16.6 Å². The van der Waals surface area contributed by atoms with E-state index in [9.17, 15) is 4.79 Å². The maximum atomic E-state index is 12.4. The lowest BCUT2D eigenvalue weighted by Gasteiger charge is -2.35. The Morgan fingerprint density at radius 1 is 0.900 bits per heavy atom. The summed E-state index contributed by atoms with van der Waals surface area (Å²) in [5, 5.41) is 2.07. The summed E-state index contributed by atoms with van der Waals surface area (Å²) in [6, 6.07) is 28.1. The Kier molecular flexibility index (Phi) is 6.12. The van der Waals surface area contributed by atoms with E-state index in [2.05, 4.69) is 40.7 Å². The second-order valence-corrected chi connectivity index (χ2v) is 8.69. The molecule has 1 amide bonds. The van der Waals surface area contributed by atoms with Crippen molar-refractivity contribution in [2.45, 2.75) is 4.75 Å². The molecular formula is C25H20N2OS2. The van der Waals surface area contributed by atoms with Crippen LogP contribution in [-0.4, -0.2) is 10.9 Å². The monoisotopic (exact) mass is 428 g/mol. The van der Waals surface area contributed by atoms with Crippen molar-refractivity contribution in [3.05, 3.63) is 129 Å². The molecule has 0 spiro atoms. The molecule has 0 radical (unpaired) electrons. The fourth-order valence-corrected chi connectivity index (χ4v) is 5.40. The number of hydrogen-bond donors (Lipinski definition) is 1. The molecule has 3 aromatic carbocycles. The van der Waals surface area contributed by atoms with Crippen LogP contribution in [0.1, 0.15) is 31.9 Å². The van der Waals surface area contributed by atoms with Crippen molar-refractivity contribution < 1.29 is 4.79 Å². The first kappa shape index (κ1) is 20.1. The number of nitrogens with two attached hydrogens (primary N) is 1. The Balaban J connectivity index is 1.98. The maximum Gasteiger partial charge on any atom is 0.249 e. The van der Waals surface area contributed by atoms with Gasteiger partial charge in [-0.15, -0.1) is 23.1 Å². The number of nitrogens with zero attached hydrogens (tertiary/aromatic N) is 1. The molecule has 0 atom stereocenters. The standard InChI is InChI=1S/C25H20N2OS2/c26-24(28)22-13-7-8-14-23(22)25(19-9-3-1-4-10-19,20-11-5-2-6-12-20)30-16-15-21-17-27-18-29-21/h1-18H,(H2,26,28)/b16-15-. The van der Waals surface area contributed by atoms with Crippen molar-refractivity contribution in [1.29, 1.82) is 0 Å². The molecule has 30 heavy (non-hydrogen) atoms. The van der Waals surface area contributed by atoms with E-state index in [0.29, 0.717) is 5.56 Å². The minimum absolute atomic E-state index is 0.436. The van der Waals surface area contributed by atoms with Crippen molar-refractivity contribution >= 4 is 35.1 Å². The summed E-state index contributed by atoms with van der Waals surface area (Å²) < 4.78 is -0.644. The first-order valence-electron chi connectivity index (χ1n) is 9.45. The zero-order valence-corrected chi connectivity index (χ0v) is 17.8. The molecule has 1 heterocycles. The second-order valence-electron chi connectivity index (χ2n) is 6.65.